The second kappa shape index (κ2) is 8.67. The number of halogens is 1. The maximum Gasteiger partial charge on any atom is 0.325 e. The van der Waals surface area contributed by atoms with Crippen molar-refractivity contribution < 1.29 is 19.1 Å². The minimum absolute atomic E-state index is 0.0774. The van der Waals surface area contributed by atoms with E-state index in [0.29, 0.717) is 12.4 Å². The van der Waals surface area contributed by atoms with Crippen LogP contribution >= 0.6 is 15.9 Å². The Morgan fingerprint density at radius 3 is 2.57 bits per heavy atom. The highest BCUT2D eigenvalue weighted by Crippen LogP contribution is 2.26. The van der Waals surface area contributed by atoms with E-state index < -0.39 is 5.97 Å². The van der Waals surface area contributed by atoms with Crippen molar-refractivity contribution in [3.63, 3.8) is 0 Å². The first-order chi connectivity index (χ1) is 9.97. The molecule has 1 aromatic rings. The molecule has 1 rings (SSSR count). The van der Waals surface area contributed by atoms with Gasteiger partial charge in [-0.3, -0.25) is 9.59 Å². The van der Waals surface area contributed by atoms with E-state index in [1.54, 1.807) is 6.92 Å². The minimum Gasteiger partial charge on any atom is -0.483 e. The summed E-state index contributed by atoms with van der Waals surface area (Å²) in [6, 6.07) is 5.73. The molecule has 0 spiro atoms. The van der Waals surface area contributed by atoms with E-state index >= 15 is 0 Å². The number of aryl methyl sites for hydroxylation is 1. The van der Waals surface area contributed by atoms with Crippen LogP contribution in [0.1, 0.15) is 19.4 Å². The first kappa shape index (κ1) is 17.5. The highest BCUT2D eigenvalue weighted by Gasteiger charge is 2.14. The van der Waals surface area contributed by atoms with E-state index in [9.17, 15) is 9.59 Å². The van der Waals surface area contributed by atoms with Crippen LogP contribution in [-0.2, 0) is 20.7 Å². The fourth-order valence-corrected chi connectivity index (χ4v) is 2.16. The summed E-state index contributed by atoms with van der Waals surface area (Å²) in [6.07, 6.45) is 0.931. The molecule has 0 fully saturated rings. The van der Waals surface area contributed by atoms with Crippen LogP contribution in [0.25, 0.3) is 0 Å². The number of benzene rings is 1. The fourth-order valence-electron chi connectivity index (χ4n) is 1.62. The van der Waals surface area contributed by atoms with Gasteiger partial charge in [-0.15, -0.1) is 0 Å². The lowest BCUT2D eigenvalue weighted by molar-refractivity contribution is -0.148. The first-order valence-electron chi connectivity index (χ1n) is 6.78. The van der Waals surface area contributed by atoms with Crippen LogP contribution < -0.4 is 4.74 Å². The predicted molar refractivity (Wildman–Crippen MR) is 83.3 cm³/mol. The molecular formula is C15H20BrNO4. The van der Waals surface area contributed by atoms with Gasteiger partial charge in [0.25, 0.3) is 5.91 Å². The molecule has 1 amide bonds. The van der Waals surface area contributed by atoms with Gasteiger partial charge in [-0.25, -0.2) is 0 Å². The van der Waals surface area contributed by atoms with Gasteiger partial charge in [0.1, 0.15) is 12.3 Å². The Morgan fingerprint density at radius 1 is 1.29 bits per heavy atom. The van der Waals surface area contributed by atoms with Gasteiger partial charge in [0.2, 0.25) is 0 Å². The molecule has 21 heavy (non-hydrogen) atoms. The van der Waals surface area contributed by atoms with Crippen molar-refractivity contribution in [2.45, 2.75) is 20.3 Å². The van der Waals surface area contributed by atoms with Crippen LogP contribution in [0, 0.1) is 0 Å². The lowest BCUT2D eigenvalue weighted by Crippen LogP contribution is -2.36. The molecule has 0 bridgehead atoms. The number of amides is 1. The molecule has 0 atom stereocenters. The quantitative estimate of drug-likeness (QED) is 0.703. The lowest BCUT2D eigenvalue weighted by Gasteiger charge is -2.17. The summed E-state index contributed by atoms with van der Waals surface area (Å²) in [6.45, 7) is 3.89. The highest BCUT2D eigenvalue weighted by atomic mass is 79.9. The van der Waals surface area contributed by atoms with Crippen molar-refractivity contribution >= 4 is 27.8 Å². The van der Waals surface area contributed by atoms with E-state index in [4.69, 9.17) is 9.47 Å². The number of hydrogen-bond acceptors (Lipinski definition) is 4. The van der Waals surface area contributed by atoms with Gasteiger partial charge in [0.15, 0.2) is 6.61 Å². The Balaban J connectivity index is 2.50. The third-order valence-electron chi connectivity index (χ3n) is 2.85. The molecule has 0 aromatic heterocycles. The molecule has 0 unspecified atom stereocenters. The standard InChI is InChI=1S/C15H20BrNO4/c1-4-11-6-7-13(12(16)8-11)21-10-14(18)17(3)9-15(19)20-5-2/h6-8H,4-5,9-10H2,1-3H3. The lowest BCUT2D eigenvalue weighted by atomic mass is 10.2. The van der Waals surface area contributed by atoms with Gasteiger partial charge in [0.05, 0.1) is 11.1 Å². The van der Waals surface area contributed by atoms with Crippen molar-refractivity contribution in [1.29, 1.82) is 0 Å². The molecular weight excluding hydrogens is 338 g/mol. The van der Waals surface area contributed by atoms with E-state index in [-0.39, 0.29) is 19.1 Å². The number of nitrogens with zero attached hydrogens (tertiary/aromatic N) is 1. The van der Waals surface area contributed by atoms with Gasteiger partial charge < -0.3 is 14.4 Å². The van der Waals surface area contributed by atoms with Gasteiger partial charge >= 0.3 is 5.97 Å². The van der Waals surface area contributed by atoms with Crippen LogP contribution in [0.3, 0.4) is 0 Å². The third-order valence-corrected chi connectivity index (χ3v) is 3.47. The van der Waals surface area contributed by atoms with Crippen LogP contribution in [-0.4, -0.2) is 43.6 Å². The Hall–Kier alpha value is -1.56. The van der Waals surface area contributed by atoms with E-state index in [2.05, 4.69) is 22.9 Å². The van der Waals surface area contributed by atoms with Crippen molar-refractivity contribution in [3.8, 4) is 5.75 Å². The Bertz CT molecular complexity index is 504. The maximum absolute atomic E-state index is 11.9. The molecule has 0 heterocycles. The molecule has 0 aliphatic rings. The van der Waals surface area contributed by atoms with E-state index in [1.165, 1.54) is 17.5 Å². The number of carbonyl (C=O) groups is 2. The highest BCUT2D eigenvalue weighted by molar-refractivity contribution is 9.10. The third kappa shape index (κ3) is 5.75. The molecule has 0 saturated carbocycles. The molecule has 116 valence electrons. The monoisotopic (exact) mass is 357 g/mol. The molecule has 0 aliphatic heterocycles. The molecule has 0 N–H and O–H groups in total. The van der Waals surface area contributed by atoms with Crippen LogP contribution in [0.2, 0.25) is 0 Å². The summed E-state index contributed by atoms with van der Waals surface area (Å²) in [4.78, 5) is 24.4. The average Bonchev–Trinajstić information content (AvgIpc) is 2.45. The van der Waals surface area contributed by atoms with Crippen LogP contribution in [0.5, 0.6) is 5.75 Å². The zero-order chi connectivity index (χ0) is 15.8. The zero-order valence-electron chi connectivity index (χ0n) is 12.5. The van der Waals surface area contributed by atoms with Gasteiger partial charge in [0, 0.05) is 7.05 Å². The smallest absolute Gasteiger partial charge is 0.325 e. The molecule has 1 aromatic carbocycles. The second-order valence-corrected chi connectivity index (χ2v) is 5.32. The fraction of sp³-hybridized carbons (Fsp3) is 0.467. The summed E-state index contributed by atoms with van der Waals surface area (Å²) < 4.78 is 11.1. The Kier molecular flexibility index (Phi) is 7.22. The maximum atomic E-state index is 11.9. The number of hydrogen-bond donors (Lipinski definition) is 0. The summed E-state index contributed by atoms with van der Waals surface area (Å²) >= 11 is 3.41. The number of likely N-dealkylation sites (N-methyl/N-ethyl adjacent to an activating group) is 1. The van der Waals surface area contributed by atoms with Crippen molar-refractivity contribution in [3.05, 3.63) is 28.2 Å². The minimum atomic E-state index is -0.429. The predicted octanol–water partition coefficient (Wildman–Crippen LogP) is 2.41. The van der Waals surface area contributed by atoms with Crippen LogP contribution in [0.4, 0.5) is 0 Å². The molecule has 0 radical (unpaired) electrons. The summed E-state index contributed by atoms with van der Waals surface area (Å²) in [5, 5.41) is 0. The van der Waals surface area contributed by atoms with Crippen LogP contribution in [0.15, 0.2) is 22.7 Å². The normalized spacial score (nSPS) is 10.1. The molecule has 5 nitrogen and oxygen atoms in total. The van der Waals surface area contributed by atoms with E-state index in [1.807, 2.05) is 18.2 Å². The number of esters is 1. The SMILES string of the molecule is CCOC(=O)CN(C)C(=O)COc1ccc(CC)cc1Br. The molecule has 6 heteroatoms. The average molecular weight is 358 g/mol. The summed E-state index contributed by atoms with van der Waals surface area (Å²) in [7, 11) is 1.54. The number of rotatable bonds is 7. The second-order valence-electron chi connectivity index (χ2n) is 4.46. The number of ether oxygens (including phenoxy) is 2. The summed E-state index contributed by atoms with van der Waals surface area (Å²) in [5.74, 6) is -0.110. The number of carbonyl (C=O) groups excluding carboxylic acids is 2. The van der Waals surface area contributed by atoms with Gasteiger partial charge in [-0.05, 0) is 47.0 Å². The molecule has 0 saturated heterocycles. The Morgan fingerprint density at radius 2 is 2.00 bits per heavy atom. The summed E-state index contributed by atoms with van der Waals surface area (Å²) in [5.41, 5.74) is 1.18. The van der Waals surface area contributed by atoms with Gasteiger partial charge in [-0.2, -0.15) is 0 Å². The van der Waals surface area contributed by atoms with Gasteiger partial charge in [-0.1, -0.05) is 13.0 Å². The van der Waals surface area contributed by atoms with Crippen molar-refractivity contribution in [2.75, 3.05) is 26.8 Å². The van der Waals surface area contributed by atoms with Crippen molar-refractivity contribution in [1.82, 2.24) is 4.90 Å². The zero-order valence-corrected chi connectivity index (χ0v) is 14.1. The first-order valence-corrected chi connectivity index (χ1v) is 7.58. The Labute approximate surface area is 133 Å². The molecule has 0 aliphatic carbocycles. The topological polar surface area (TPSA) is 55.8 Å². The van der Waals surface area contributed by atoms with E-state index in [0.717, 1.165) is 10.9 Å². The largest absolute Gasteiger partial charge is 0.483 e. The van der Waals surface area contributed by atoms with Crippen molar-refractivity contribution in [2.24, 2.45) is 0 Å².